The molecule has 0 amide bonds. The molecule has 6 N–H and O–H groups in total. The molecule has 13 heteroatoms. The highest BCUT2D eigenvalue weighted by Crippen LogP contribution is 2.40. The summed E-state index contributed by atoms with van der Waals surface area (Å²) in [5.74, 6) is -2.76. The Labute approximate surface area is 195 Å². The highest BCUT2D eigenvalue weighted by Gasteiger charge is 2.47. The van der Waals surface area contributed by atoms with E-state index in [0.29, 0.717) is 0 Å². The molecule has 0 aromatic heterocycles. The maximum Gasteiger partial charge on any atom is 0.340 e. The van der Waals surface area contributed by atoms with Crippen LogP contribution in [0.15, 0.2) is 12.1 Å². The smallest absolute Gasteiger partial charge is 0.340 e. The fourth-order valence-electron chi connectivity index (χ4n) is 3.28. The third-order valence-corrected chi connectivity index (χ3v) is 5.57. The molecular formula is C21H30O13. The Kier molecular flexibility index (Phi) is 9.05. The number of hydrogen-bond acceptors (Lipinski definition) is 12. The van der Waals surface area contributed by atoms with Gasteiger partial charge in [0.1, 0.15) is 31.0 Å². The summed E-state index contributed by atoms with van der Waals surface area (Å²) in [6.07, 6.45) is -9.92. The second kappa shape index (κ2) is 11.2. The van der Waals surface area contributed by atoms with Gasteiger partial charge >= 0.3 is 11.9 Å². The number of carbonyl (C=O) groups excluding carboxylic acids is 1. The molecule has 2 unspecified atom stereocenters. The molecule has 2 rings (SSSR count). The molecule has 1 aliphatic rings. The van der Waals surface area contributed by atoms with Crippen molar-refractivity contribution in [1.82, 2.24) is 0 Å². The zero-order chi connectivity index (χ0) is 25.8. The number of methoxy groups -OCH3 is 2. The Morgan fingerprint density at radius 2 is 1.65 bits per heavy atom. The monoisotopic (exact) mass is 490 g/mol. The summed E-state index contributed by atoms with van der Waals surface area (Å²) in [5.41, 5.74) is -2.37. The normalized spacial score (nSPS) is 27.3. The van der Waals surface area contributed by atoms with Crippen molar-refractivity contribution >= 4 is 11.9 Å². The van der Waals surface area contributed by atoms with E-state index in [-0.39, 0.29) is 29.2 Å². The SMILES string of the molecule is CCC(O)(C(=O)OC[C@H]1O[C@@H](Oc2c(OC)cc(C(=O)O)cc2OC)[C@H](O)[C@@H](O)[C@@H]1O)C(C)O. The van der Waals surface area contributed by atoms with Gasteiger partial charge in [-0.05, 0) is 25.5 Å². The molecule has 0 bridgehead atoms. The lowest BCUT2D eigenvalue weighted by Crippen LogP contribution is -2.60. The Morgan fingerprint density at radius 1 is 1.09 bits per heavy atom. The van der Waals surface area contributed by atoms with Crippen LogP contribution >= 0.6 is 0 Å². The van der Waals surface area contributed by atoms with Gasteiger partial charge in [-0.25, -0.2) is 9.59 Å². The number of carboxylic acid groups (broad SMARTS) is 1. The maximum atomic E-state index is 12.3. The van der Waals surface area contributed by atoms with Gasteiger partial charge in [-0.2, -0.15) is 0 Å². The van der Waals surface area contributed by atoms with Crippen LogP contribution in [-0.2, 0) is 14.3 Å². The molecule has 1 aromatic carbocycles. The number of benzene rings is 1. The maximum absolute atomic E-state index is 12.3. The van der Waals surface area contributed by atoms with Crippen LogP contribution in [0.5, 0.6) is 17.2 Å². The van der Waals surface area contributed by atoms with E-state index in [1.165, 1.54) is 28.1 Å². The molecule has 34 heavy (non-hydrogen) atoms. The summed E-state index contributed by atoms with van der Waals surface area (Å²) in [6.45, 7) is 2.00. The van der Waals surface area contributed by atoms with E-state index >= 15 is 0 Å². The van der Waals surface area contributed by atoms with E-state index < -0.39 is 61.0 Å². The Balaban J connectivity index is 2.26. The van der Waals surface area contributed by atoms with Crippen molar-refractivity contribution in [2.75, 3.05) is 20.8 Å². The molecule has 1 saturated heterocycles. The van der Waals surface area contributed by atoms with Crippen molar-refractivity contribution in [1.29, 1.82) is 0 Å². The van der Waals surface area contributed by atoms with Crippen molar-refractivity contribution in [3.8, 4) is 17.2 Å². The summed E-state index contributed by atoms with van der Waals surface area (Å²) in [4.78, 5) is 23.6. The molecule has 1 aromatic rings. The third-order valence-electron chi connectivity index (χ3n) is 5.57. The number of carboxylic acids is 1. The molecule has 7 atom stereocenters. The second-order valence-electron chi connectivity index (χ2n) is 7.70. The Hall–Kier alpha value is -2.68. The second-order valence-corrected chi connectivity index (χ2v) is 7.70. The van der Waals surface area contributed by atoms with Crippen LogP contribution in [0.3, 0.4) is 0 Å². The number of ether oxygens (including phenoxy) is 5. The molecule has 13 nitrogen and oxygen atoms in total. The van der Waals surface area contributed by atoms with Crippen molar-refractivity contribution < 1.29 is 63.9 Å². The molecule has 0 spiro atoms. The van der Waals surface area contributed by atoms with E-state index in [4.69, 9.17) is 23.7 Å². The van der Waals surface area contributed by atoms with Gasteiger partial charge in [0, 0.05) is 0 Å². The van der Waals surface area contributed by atoms with Gasteiger partial charge in [0.05, 0.1) is 25.9 Å². The lowest BCUT2D eigenvalue weighted by Gasteiger charge is -2.40. The van der Waals surface area contributed by atoms with Gasteiger partial charge in [-0.15, -0.1) is 0 Å². The standard InChI is InChI=1S/C21H30O13/c1-5-21(29,9(2)22)20(28)32-8-13-14(23)15(24)16(25)19(33-13)34-17-11(30-3)6-10(18(26)27)7-12(17)31-4/h6-7,9,13-16,19,22-25,29H,5,8H2,1-4H3,(H,26,27)/t9?,13-,14-,15+,16-,19+,21?/m1/s1. The fraction of sp³-hybridized carbons (Fsp3) is 0.619. The van der Waals surface area contributed by atoms with E-state index in [9.17, 15) is 40.2 Å². The zero-order valence-corrected chi connectivity index (χ0v) is 19.1. The van der Waals surface area contributed by atoms with Gasteiger partial charge in [0.15, 0.2) is 17.1 Å². The van der Waals surface area contributed by atoms with Gasteiger partial charge in [0.25, 0.3) is 0 Å². The minimum atomic E-state index is -2.19. The first-order chi connectivity index (χ1) is 15.9. The number of hydrogen-bond donors (Lipinski definition) is 6. The largest absolute Gasteiger partial charge is 0.493 e. The molecular weight excluding hydrogens is 460 g/mol. The average molecular weight is 490 g/mol. The van der Waals surface area contributed by atoms with Crippen LogP contribution in [0.2, 0.25) is 0 Å². The third kappa shape index (κ3) is 5.51. The highest BCUT2D eigenvalue weighted by atomic mass is 16.7. The van der Waals surface area contributed by atoms with Gasteiger partial charge in [0.2, 0.25) is 12.0 Å². The number of esters is 1. The van der Waals surface area contributed by atoms with E-state index in [2.05, 4.69) is 0 Å². The summed E-state index contributed by atoms with van der Waals surface area (Å²) >= 11 is 0. The van der Waals surface area contributed by atoms with Crippen molar-refractivity contribution in [2.45, 2.75) is 62.7 Å². The van der Waals surface area contributed by atoms with E-state index in [1.54, 1.807) is 0 Å². The molecule has 0 aliphatic carbocycles. The minimum absolute atomic E-state index is 0.0823. The topological polar surface area (TPSA) is 202 Å². The number of aromatic carboxylic acids is 1. The van der Waals surface area contributed by atoms with E-state index in [0.717, 1.165) is 12.1 Å². The average Bonchev–Trinajstić information content (AvgIpc) is 2.82. The van der Waals surface area contributed by atoms with Crippen molar-refractivity contribution in [3.05, 3.63) is 17.7 Å². The van der Waals surface area contributed by atoms with Crippen molar-refractivity contribution in [3.63, 3.8) is 0 Å². The molecule has 1 fully saturated rings. The van der Waals surface area contributed by atoms with Crippen molar-refractivity contribution in [2.24, 2.45) is 0 Å². The predicted octanol–water partition coefficient (Wildman–Crippen LogP) is -1.35. The summed E-state index contributed by atoms with van der Waals surface area (Å²) < 4.78 is 26.4. The zero-order valence-electron chi connectivity index (χ0n) is 19.1. The summed E-state index contributed by atoms with van der Waals surface area (Å²) in [6, 6.07) is 2.28. The first kappa shape index (κ1) is 27.6. The van der Waals surface area contributed by atoms with Crippen LogP contribution < -0.4 is 14.2 Å². The lowest BCUT2D eigenvalue weighted by atomic mass is 9.95. The number of aliphatic hydroxyl groups excluding tert-OH is 4. The van der Waals surface area contributed by atoms with Crippen LogP contribution in [-0.4, -0.2) is 106 Å². The van der Waals surface area contributed by atoms with Gasteiger partial charge in [-0.3, -0.25) is 0 Å². The first-order valence-corrected chi connectivity index (χ1v) is 10.3. The van der Waals surface area contributed by atoms with Gasteiger partial charge in [-0.1, -0.05) is 6.92 Å². The molecule has 1 aliphatic heterocycles. The molecule has 0 saturated carbocycles. The lowest BCUT2D eigenvalue weighted by molar-refractivity contribution is -0.280. The van der Waals surface area contributed by atoms with Crippen LogP contribution in [0.1, 0.15) is 30.6 Å². The summed E-state index contributed by atoms with van der Waals surface area (Å²) in [5, 5.41) is 60.1. The predicted molar refractivity (Wildman–Crippen MR) is 112 cm³/mol. The summed E-state index contributed by atoms with van der Waals surface area (Å²) in [7, 11) is 2.48. The number of rotatable bonds is 10. The quantitative estimate of drug-likeness (QED) is 0.210. The Morgan fingerprint density at radius 3 is 2.09 bits per heavy atom. The van der Waals surface area contributed by atoms with Crippen LogP contribution in [0, 0.1) is 0 Å². The Bertz CT molecular complexity index is 847. The first-order valence-electron chi connectivity index (χ1n) is 10.3. The molecule has 192 valence electrons. The number of carbonyl (C=O) groups is 2. The van der Waals surface area contributed by atoms with Crippen LogP contribution in [0.4, 0.5) is 0 Å². The number of aliphatic hydroxyl groups is 5. The molecule has 1 heterocycles. The minimum Gasteiger partial charge on any atom is -0.493 e. The molecule has 0 radical (unpaired) electrons. The van der Waals surface area contributed by atoms with Crippen LogP contribution in [0.25, 0.3) is 0 Å². The highest BCUT2D eigenvalue weighted by molar-refractivity contribution is 5.89. The fourth-order valence-corrected chi connectivity index (χ4v) is 3.28. The van der Waals surface area contributed by atoms with Gasteiger partial charge < -0.3 is 54.3 Å². The van der Waals surface area contributed by atoms with E-state index in [1.807, 2.05) is 0 Å².